The molecule has 33 heavy (non-hydrogen) atoms. The van der Waals surface area contributed by atoms with Crippen LogP contribution in [0.25, 0.3) is 10.2 Å². The van der Waals surface area contributed by atoms with Crippen LogP contribution >= 0.6 is 23.3 Å². The molecule has 0 atom stereocenters. The summed E-state index contributed by atoms with van der Waals surface area (Å²) in [7, 11) is 0. The molecule has 1 aliphatic heterocycles. The highest BCUT2D eigenvalue weighted by Crippen LogP contribution is 2.39. The van der Waals surface area contributed by atoms with Gasteiger partial charge in [0.15, 0.2) is 0 Å². The Bertz CT molecular complexity index is 1100. The lowest BCUT2D eigenvalue weighted by Gasteiger charge is -2.45. The van der Waals surface area contributed by atoms with Crippen molar-refractivity contribution in [3.63, 3.8) is 0 Å². The number of rotatable bonds is 5. The fraction of sp³-hybridized carbons (Fsp3) is 0.440. The van der Waals surface area contributed by atoms with Crippen LogP contribution in [0.4, 0.5) is 5.69 Å². The number of fused-ring (bicyclic) bond motifs is 1. The van der Waals surface area contributed by atoms with E-state index in [1.165, 1.54) is 11.9 Å². The van der Waals surface area contributed by atoms with Gasteiger partial charge in [-0.3, -0.25) is 4.79 Å². The van der Waals surface area contributed by atoms with E-state index in [0.29, 0.717) is 31.5 Å². The normalized spacial score (nSPS) is 22.9. The molecule has 2 aromatic carbocycles. The van der Waals surface area contributed by atoms with Crippen molar-refractivity contribution in [2.75, 3.05) is 17.8 Å². The van der Waals surface area contributed by atoms with E-state index in [4.69, 9.17) is 0 Å². The van der Waals surface area contributed by atoms with Crippen LogP contribution in [0.3, 0.4) is 0 Å². The molecule has 6 nitrogen and oxygen atoms in total. The van der Waals surface area contributed by atoms with Gasteiger partial charge in [-0.15, -0.1) is 11.3 Å². The zero-order chi connectivity index (χ0) is 22.8. The van der Waals surface area contributed by atoms with Crippen LogP contribution in [0.5, 0.6) is 0 Å². The van der Waals surface area contributed by atoms with Gasteiger partial charge in [-0.05, 0) is 92.8 Å². The van der Waals surface area contributed by atoms with Gasteiger partial charge >= 0.3 is 0 Å². The Labute approximate surface area is 202 Å². The number of likely N-dealkylation sites (tertiary alicyclic amines) is 1. The highest BCUT2D eigenvalue weighted by Gasteiger charge is 2.41. The van der Waals surface area contributed by atoms with Crippen LogP contribution in [0, 0.1) is 5.92 Å². The predicted molar refractivity (Wildman–Crippen MR) is 134 cm³/mol. The average Bonchev–Trinajstić information content (AvgIpc) is 3.33. The minimum Gasteiger partial charge on any atom is -0.393 e. The van der Waals surface area contributed by atoms with Gasteiger partial charge in [-0.25, -0.2) is 4.98 Å². The van der Waals surface area contributed by atoms with Crippen molar-refractivity contribution < 1.29 is 15.0 Å². The first-order valence-corrected chi connectivity index (χ1v) is 13.3. The molecule has 1 aliphatic carbocycles. The number of hydrogen-bond acceptors (Lipinski definition) is 7. The fourth-order valence-electron chi connectivity index (χ4n) is 5.04. The summed E-state index contributed by atoms with van der Waals surface area (Å²) in [6.45, 7) is 1.14. The standard InChI is InChI=1S/C25H29N3O3S2/c29-20-10-6-18(7-11-20)25(31)12-14-28(15-13-25)24(30)17-4-8-19(9-5-17)27-33-22-3-1-2-21-23(22)26-16-32-21/h1-5,8-9,16,18,20,27,29,31H,6-7,10-15H2. The number of carbonyl (C=O) groups excluding carboxylic acids is 1. The number of anilines is 1. The van der Waals surface area contributed by atoms with Crippen LogP contribution < -0.4 is 4.72 Å². The van der Waals surface area contributed by atoms with Gasteiger partial charge in [0.2, 0.25) is 0 Å². The summed E-state index contributed by atoms with van der Waals surface area (Å²) in [6, 6.07) is 13.7. The lowest BCUT2D eigenvalue weighted by Crippen LogP contribution is -2.51. The predicted octanol–water partition coefficient (Wildman–Crippen LogP) is 4.93. The number of nitrogens with one attached hydrogen (secondary N) is 1. The molecule has 8 heteroatoms. The molecule has 0 bridgehead atoms. The molecule has 0 spiro atoms. The molecule has 3 aromatic rings. The first-order chi connectivity index (χ1) is 16.0. The van der Waals surface area contributed by atoms with Gasteiger partial charge in [0.05, 0.1) is 32.3 Å². The van der Waals surface area contributed by atoms with Crippen molar-refractivity contribution in [1.82, 2.24) is 9.88 Å². The van der Waals surface area contributed by atoms with Crippen LogP contribution in [0.1, 0.15) is 48.9 Å². The second-order valence-electron chi connectivity index (χ2n) is 9.14. The van der Waals surface area contributed by atoms with E-state index in [9.17, 15) is 15.0 Å². The second-order valence-corrected chi connectivity index (χ2v) is 10.9. The molecular weight excluding hydrogens is 454 g/mol. The minimum absolute atomic E-state index is 0.0163. The van der Waals surface area contributed by atoms with Gasteiger partial charge in [0, 0.05) is 24.3 Å². The highest BCUT2D eigenvalue weighted by molar-refractivity contribution is 8.00. The number of benzene rings is 2. The first-order valence-electron chi connectivity index (χ1n) is 11.6. The fourth-order valence-corrected chi connectivity index (χ4v) is 6.58. The summed E-state index contributed by atoms with van der Waals surface area (Å²) < 4.78 is 4.51. The monoisotopic (exact) mass is 483 g/mol. The Morgan fingerprint density at radius 1 is 1.09 bits per heavy atom. The Hall–Kier alpha value is -2.13. The molecule has 0 radical (unpaired) electrons. The Balaban J connectivity index is 1.16. The van der Waals surface area contributed by atoms with Crippen molar-refractivity contribution >= 4 is 45.1 Å². The molecule has 1 saturated heterocycles. The molecular formula is C25H29N3O3S2. The Kier molecular flexibility index (Phi) is 6.60. The van der Waals surface area contributed by atoms with Crippen molar-refractivity contribution in [2.45, 2.75) is 55.1 Å². The topological polar surface area (TPSA) is 85.7 Å². The number of carbonyl (C=O) groups is 1. The number of nitrogens with zero attached hydrogens (tertiary/aromatic N) is 2. The number of thiazole rings is 1. The largest absolute Gasteiger partial charge is 0.393 e. The molecule has 0 unspecified atom stereocenters. The third kappa shape index (κ3) is 4.89. The molecule has 3 N–H and O–H groups in total. The van der Waals surface area contributed by atoms with Gasteiger partial charge < -0.3 is 19.8 Å². The van der Waals surface area contributed by atoms with E-state index in [2.05, 4.69) is 15.8 Å². The summed E-state index contributed by atoms with van der Waals surface area (Å²) in [5.74, 6) is 0.249. The maximum absolute atomic E-state index is 13.0. The van der Waals surface area contributed by atoms with E-state index in [0.717, 1.165) is 46.5 Å². The van der Waals surface area contributed by atoms with Gasteiger partial charge in [0.25, 0.3) is 5.91 Å². The SMILES string of the molecule is O=C(c1ccc(NSc2cccc3scnc23)cc1)N1CCC(O)(C2CCC(O)CC2)CC1. The van der Waals surface area contributed by atoms with Crippen LogP contribution in [-0.4, -0.2) is 50.8 Å². The van der Waals surface area contributed by atoms with Gasteiger partial charge in [-0.2, -0.15) is 0 Å². The number of aromatic nitrogens is 1. The summed E-state index contributed by atoms with van der Waals surface area (Å²) >= 11 is 3.15. The lowest BCUT2D eigenvalue weighted by molar-refractivity contribution is -0.0813. The summed E-state index contributed by atoms with van der Waals surface area (Å²) in [5, 5.41) is 20.9. The third-order valence-corrected chi connectivity index (χ3v) is 8.79. The number of hydrogen-bond donors (Lipinski definition) is 3. The number of para-hydroxylation sites is 1. The summed E-state index contributed by atoms with van der Waals surface area (Å²) in [4.78, 5) is 20.4. The minimum atomic E-state index is -0.706. The lowest BCUT2D eigenvalue weighted by atomic mass is 9.71. The van der Waals surface area contributed by atoms with E-state index in [1.54, 1.807) is 11.3 Å². The number of amides is 1. The molecule has 174 valence electrons. The van der Waals surface area contributed by atoms with Crippen LogP contribution in [0.2, 0.25) is 0 Å². The molecule has 5 rings (SSSR count). The Morgan fingerprint density at radius 3 is 2.55 bits per heavy atom. The first kappa shape index (κ1) is 22.7. The van der Waals surface area contributed by atoms with Crippen molar-refractivity contribution in [3.05, 3.63) is 53.5 Å². The maximum Gasteiger partial charge on any atom is 0.253 e. The zero-order valence-corrected chi connectivity index (χ0v) is 20.1. The third-order valence-electron chi connectivity index (χ3n) is 7.11. The number of aliphatic hydroxyl groups is 2. The zero-order valence-electron chi connectivity index (χ0n) is 18.4. The van der Waals surface area contributed by atoms with Crippen molar-refractivity contribution in [2.24, 2.45) is 5.92 Å². The quantitative estimate of drug-likeness (QED) is 0.446. The Morgan fingerprint density at radius 2 is 1.82 bits per heavy atom. The molecule has 2 heterocycles. The van der Waals surface area contributed by atoms with Gasteiger partial charge in [0.1, 0.15) is 0 Å². The van der Waals surface area contributed by atoms with E-state index in [-0.39, 0.29) is 17.9 Å². The number of piperidine rings is 1. The highest BCUT2D eigenvalue weighted by atomic mass is 32.2. The molecule has 2 aliphatic rings. The average molecular weight is 484 g/mol. The molecule has 1 saturated carbocycles. The van der Waals surface area contributed by atoms with Crippen molar-refractivity contribution in [1.29, 1.82) is 0 Å². The smallest absolute Gasteiger partial charge is 0.253 e. The summed E-state index contributed by atoms with van der Waals surface area (Å²) in [6.07, 6.45) is 4.28. The van der Waals surface area contributed by atoms with E-state index in [1.807, 2.05) is 46.8 Å². The number of aliphatic hydroxyl groups excluding tert-OH is 1. The van der Waals surface area contributed by atoms with E-state index < -0.39 is 5.60 Å². The molecule has 1 aromatic heterocycles. The van der Waals surface area contributed by atoms with Crippen molar-refractivity contribution in [3.8, 4) is 0 Å². The van der Waals surface area contributed by atoms with Gasteiger partial charge in [-0.1, -0.05) is 6.07 Å². The van der Waals surface area contributed by atoms with Crippen LogP contribution in [-0.2, 0) is 0 Å². The summed E-state index contributed by atoms with van der Waals surface area (Å²) in [5.41, 5.74) is 3.74. The molecule has 2 fully saturated rings. The maximum atomic E-state index is 13.0. The molecule has 1 amide bonds. The van der Waals surface area contributed by atoms with E-state index >= 15 is 0 Å². The second kappa shape index (κ2) is 9.62. The van der Waals surface area contributed by atoms with Crippen LogP contribution in [0.15, 0.2) is 52.9 Å².